The van der Waals surface area contributed by atoms with Gasteiger partial charge >= 0.3 is 5.97 Å². The molecule has 1 aromatic heterocycles. The predicted molar refractivity (Wildman–Crippen MR) is 103 cm³/mol. The van der Waals surface area contributed by atoms with Crippen molar-refractivity contribution in [1.82, 2.24) is 5.32 Å². The summed E-state index contributed by atoms with van der Waals surface area (Å²) >= 11 is 6.22. The van der Waals surface area contributed by atoms with Crippen molar-refractivity contribution in [1.29, 1.82) is 0 Å². The number of rotatable bonds is 7. The fraction of sp³-hybridized carbons (Fsp3) is 0.333. The lowest BCUT2D eigenvalue weighted by molar-refractivity contribution is -0.141. The van der Waals surface area contributed by atoms with Crippen molar-refractivity contribution in [2.24, 2.45) is 5.92 Å². The second-order valence-corrected chi connectivity index (χ2v) is 7.16. The maximum atomic E-state index is 12.4. The fourth-order valence-corrected chi connectivity index (χ4v) is 3.27. The molecule has 1 amide bonds. The number of benzene rings is 1. The van der Waals surface area contributed by atoms with Gasteiger partial charge in [0.15, 0.2) is 0 Å². The van der Waals surface area contributed by atoms with E-state index in [1.807, 2.05) is 12.1 Å². The molecule has 142 valence electrons. The monoisotopic (exact) mass is 387 g/mol. The fourth-order valence-electron chi connectivity index (χ4n) is 3.00. The Labute approximate surface area is 163 Å². The van der Waals surface area contributed by atoms with E-state index in [1.54, 1.807) is 30.3 Å². The van der Waals surface area contributed by atoms with Crippen LogP contribution in [0.4, 0.5) is 0 Å². The van der Waals surface area contributed by atoms with E-state index in [-0.39, 0.29) is 12.3 Å². The summed E-state index contributed by atoms with van der Waals surface area (Å²) in [5.41, 5.74) is 0.661. The van der Waals surface area contributed by atoms with Gasteiger partial charge in [0.05, 0.1) is 19.6 Å². The Kier molecular flexibility index (Phi) is 6.01. The molecule has 1 fully saturated rings. The van der Waals surface area contributed by atoms with Crippen LogP contribution in [0.5, 0.6) is 0 Å². The molecule has 1 N–H and O–H groups in total. The quantitative estimate of drug-likeness (QED) is 0.561. The number of nitrogens with one attached hydrogen (secondary N) is 1. The molecule has 5 nitrogen and oxygen atoms in total. The Morgan fingerprint density at radius 3 is 2.74 bits per heavy atom. The number of methoxy groups -OCH3 is 1. The molecule has 1 saturated carbocycles. The van der Waals surface area contributed by atoms with Crippen LogP contribution in [-0.2, 0) is 14.3 Å². The molecule has 0 saturated heterocycles. The predicted octanol–water partition coefficient (Wildman–Crippen LogP) is 4.49. The van der Waals surface area contributed by atoms with Gasteiger partial charge in [0.2, 0.25) is 5.91 Å². The van der Waals surface area contributed by atoms with Crippen LogP contribution in [0.3, 0.4) is 0 Å². The SMILES string of the molecule is COC(=O)CC(NC(=O)/C=C/c1ccc(C2CC2C)o1)c1ccccc1Cl. The summed E-state index contributed by atoms with van der Waals surface area (Å²) in [5.74, 6) is 1.96. The Hall–Kier alpha value is -2.53. The molecule has 1 aliphatic rings. The van der Waals surface area contributed by atoms with Crippen molar-refractivity contribution in [3.8, 4) is 0 Å². The lowest BCUT2D eigenvalue weighted by Crippen LogP contribution is -2.29. The summed E-state index contributed by atoms with van der Waals surface area (Å²) in [5, 5.41) is 3.28. The molecule has 0 bridgehead atoms. The molecule has 0 spiro atoms. The number of amides is 1. The maximum Gasteiger partial charge on any atom is 0.307 e. The lowest BCUT2D eigenvalue weighted by atomic mass is 10.0. The Morgan fingerprint density at radius 2 is 2.07 bits per heavy atom. The van der Waals surface area contributed by atoms with Crippen LogP contribution in [0.25, 0.3) is 6.08 Å². The van der Waals surface area contributed by atoms with Crippen LogP contribution in [0.1, 0.15) is 48.8 Å². The van der Waals surface area contributed by atoms with Gasteiger partial charge in [-0.05, 0) is 42.2 Å². The van der Waals surface area contributed by atoms with Gasteiger partial charge in [0.25, 0.3) is 0 Å². The first kappa shape index (κ1) is 19.2. The number of carbonyl (C=O) groups is 2. The van der Waals surface area contributed by atoms with Gasteiger partial charge in [0.1, 0.15) is 11.5 Å². The number of furan rings is 1. The standard InChI is InChI=1S/C21H22ClNO4/c1-13-11-16(13)19-9-7-14(27-19)8-10-20(24)23-18(12-21(25)26-2)15-5-3-4-6-17(15)22/h3-10,13,16,18H,11-12H2,1-2H3,(H,23,24)/b10-8+. The summed E-state index contributed by atoms with van der Waals surface area (Å²) < 4.78 is 10.5. The van der Waals surface area contributed by atoms with E-state index in [1.165, 1.54) is 13.2 Å². The second kappa shape index (κ2) is 8.44. The number of carbonyl (C=O) groups excluding carboxylic acids is 2. The first-order valence-corrected chi connectivity index (χ1v) is 9.25. The van der Waals surface area contributed by atoms with E-state index in [0.717, 1.165) is 12.2 Å². The number of hydrogen-bond acceptors (Lipinski definition) is 4. The molecular formula is C21H22ClNO4. The highest BCUT2D eigenvalue weighted by Gasteiger charge is 2.36. The molecule has 2 aromatic rings. The minimum absolute atomic E-state index is 0.00964. The average Bonchev–Trinajstić information content (AvgIpc) is 3.19. The summed E-state index contributed by atoms with van der Waals surface area (Å²) in [7, 11) is 1.31. The molecule has 1 aliphatic carbocycles. The van der Waals surface area contributed by atoms with Crippen LogP contribution < -0.4 is 5.32 Å². The van der Waals surface area contributed by atoms with Crippen molar-refractivity contribution in [2.45, 2.75) is 31.7 Å². The molecule has 0 radical (unpaired) electrons. The summed E-state index contributed by atoms with van der Waals surface area (Å²) in [6.45, 7) is 2.19. The molecule has 1 aromatic carbocycles. The van der Waals surface area contributed by atoms with E-state index in [4.69, 9.17) is 20.8 Å². The van der Waals surface area contributed by atoms with Gasteiger partial charge in [-0.1, -0.05) is 36.7 Å². The smallest absolute Gasteiger partial charge is 0.307 e. The maximum absolute atomic E-state index is 12.4. The minimum Gasteiger partial charge on any atom is -0.469 e. The Bertz CT molecular complexity index is 857. The average molecular weight is 388 g/mol. The van der Waals surface area contributed by atoms with Gasteiger partial charge in [-0.3, -0.25) is 9.59 Å². The van der Waals surface area contributed by atoms with Gasteiger partial charge in [-0.25, -0.2) is 0 Å². The van der Waals surface area contributed by atoms with E-state index in [2.05, 4.69) is 12.2 Å². The Morgan fingerprint density at radius 1 is 1.33 bits per heavy atom. The minimum atomic E-state index is -0.581. The summed E-state index contributed by atoms with van der Waals surface area (Å²) in [6.07, 6.45) is 4.14. The molecule has 3 atom stereocenters. The second-order valence-electron chi connectivity index (χ2n) is 6.76. The third-order valence-corrected chi connectivity index (χ3v) is 5.06. The van der Waals surface area contributed by atoms with E-state index in [0.29, 0.717) is 28.2 Å². The zero-order valence-corrected chi connectivity index (χ0v) is 16.0. The zero-order valence-electron chi connectivity index (χ0n) is 15.3. The molecule has 3 unspecified atom stereocenters. The van der Waals surface area contributed by atoms with E-state index in [9.17, 15) is 9.59 Å². The Balaban J connectivity index is 1.67. The zero-order chi connectivity index (χ0) is 19.4. The van der Waals surface area contributed by atoms with Crippen molar-refractivity contribution in [2.75, 3.05) is 7.11 Å². The third-order valence-electron chi connectivity index (χ3n) is 4.72. The topological polar surface area (TPSA) is 68.5 Å². The van der Waals surface area contributed by atoms with E-state index >= 15 is 0 Å². The van der Waals surface area contributed by atoms with Crippen LogP contribution in [0.15, 0.2) is 46.9 Å². The van der Waals surface area contributed by atoms with Crippen molar-refractivity contribution in [3.63, 3.8) is 0 Å². The normalized spacial score (nSPS) is 19.7. The van der Waals surface area contributed by atoms with Crippen LogP contribution >= 0.6 is 11.6 Å². The van der Waals surface area contributed by atoms with Crippen molar-refractivity contribution in [3.05, 3.63) is 64.6 Å². The number of esters is 1. The van der Waals surface area contributed by atoms with Crippen LogP contribution in [0, 0.1) is 5.92 Å². The number of hydrogen-bond donors (Lipinski definition) is 1. The highest BCUT2D eigenvalue weighted by Crippen LogP contribution is 2.47. The largest absolute Gasteiger partial charge is 0.469 e. The molecule has 1 heterocycles. The van der Waals surface area contributed by atoms with Gasteiger partial charge < -0.3 is 14.5 Å². The molecule has 27 heavy (non-hydrogen) atoms. The van der Waals surface area contributed by atoms with Crippen LogP contribution in [-0.4, -0.2) is 19.0 Å². The van der Waals surface area contributed by atoms with Crippen molar-refractivity contribution < 1.29 is 18.7 Å². The highest BCUT2D eigenvalue weighted by atomic mass is 35.5. The van der Waals surface area contributed by atoms with Crippen molar-refractivity contribution >= 4 is 29.6 Å². The summed E-state index contributed by atoms with van der Waals surface area (Å²) in [6, 6.07) is 10.3. The third kappa shape index (κ3) is 5.01. The van der Waals surface area contributed by atoms with Gasteiger partial charge in [-0.2, -0.15) is 0 Å². The lowest BCUT2D eigenvalue weighted by Gasteiger charge is -2.18. The highest BCUT2D eigenvalue weighted by molar-refractivity contribution is 6.31. The number of halogens is 1. The first-order valence-electron chi connectivity index (χ1n) is 8.87. The number of ether oxygens (including phenoxy) is 1. The molecule has 0 aliphatic heterocycles. The van der Waals surface area contributed by atoms with Gasteiger partial charge in [0, 0.05) is 17.0 Å². The molecule has 3 rings (SSSR count). The van der Waals surface area contributed by atoms with Crippen LogP contribution in [0.2, 0.25) is 5.02 Å². The molecular weight excluding hydrogens is 366 g/mol. The molecule has 6 heteroatoms. The first-order chi connectivity index (χ1) is 13.0. The van der Waals surface area contributed by atoms with Gasteiger partial charge in [-0.15, -0.1) is 0 Å². The summed E-state index contributed by atoms with van der Waals surface area (Å²) in [4.78, 5) is 24.1. The van der Waals surface area contributed by atoms with E-state index < -0.39 is 12.0 Å².